The Labute approximate surface area is 122 Å². The van der Waals surface area contributed by atoms with Crippen molar-refractivity contribution in [2.24, 2.45) is 9.98 Å². The molecule has 2 aromatic carbocycles. The monoisotopic (exact) mass is 276 g/mol. The van der Waals surface area contributed by atoms with Crippen LogP contribution < -0.4 is 4.48 Å². The van der Waals surface area contributed by atoms with Gasteiger partial charge in [0.25, 0.3) is 5.84 Å². The van der Waals surface area contributed by atoms with Gasteiger partial charge in [0.1, 0.15) is 29.5 Å². The van der Waals surface area contributed by atoms with Gasteiger partial charge in [-0.05, 0) is 18.2 Å². The fraction of sp³-hybridized carbons (Fsp3) is 0.0588. The smallest absolute Gasteiger partial charge is 0.256 e. The van der Waals surface area contributed by atoms with Crippen LogP contribution in [-0.4, -0.2) is 24.2 Å². The molecule has 2 aliphatic heterocycles. The van der Waals surface area contributed by atoms with Gasteiger partial charge in [0.2, 0.25) is 0 Å². The average molecular weight is 276 g/mol. The van der Waals surface area contributed by atoms with E-state index in [0.717, 1.165) is 28.5 Å². The predicted molar refractivity (Wildman–Crippen MR) is 85.8 cm³/mol. The fourth-order valence-electron chi connectivity index (χ4n) is 2.81. The molecule has 0 saturated heterocycles. The molecule has 0 aromatic heterocycles. The summed E-state index contributed by atoms with van der Waals surface area (Å²) in [4.78, 5) is 9.15. The van der Waals surface area contributed by atoms with Crippen molar-refractivity contribution in [1.29, 1.82) is 0 Å². The van der Waals surface area contributed by atoms with Crippen LogP contribution in [0.2, 0.25) is 0 Å². The third-order valence-corrected chi connectivity index (χ3v) is 3.93. The molecule has 2 aliphatic rings. The van der Waals surface area contributed by atoms with Crippen molar-refractivity contribution in [2.45, 2.75) is 0 Å². The second kappa shape index (κ2) is 4.14. The van der Waals surface area contributed by atoms with E-state index in [-0.39, 0.29) is 5.75 Å². The van der Waals surface area contributed by atoms with E-state index in [1.165, 1.54) is 0 Å². The Morgan fingerprint density at radius 3 is 2.76 bits per heavy atom. The van der Waals surface area contributed by atoms with E-state index in [1.807, 2.05) is 36.5 Å². The lowest BCUT2D eigenvalue weighted by Crippen LogP contribution is -2.45. The Morgan fingerprint density at radius 1 is 1.05 bits per heavy atom. The van der Waals surface area contributed by atoms with E-state index in [9.17, 15) is 5.11 Å². The normalized spacial score (nSPS) is 22.3. The summed E-state index contributed by atoms with van der Waals surface area (Å²) in [7, 11) is 2.10. The van der Waals surface area contributed by atoms with Crippen LogP contribution in [0.5, 0.6) is 5.75 Å². The second-order valence-electron chi connectivity index (χ2n) is 5.36. The average Bonchev–Trinajstić information content (AvgIpc) is 2.85. The van der Waals surface area contributed by atoms with Crippen molar-refractivity contribution in [3.63, 3.8) is 0 Å². The molecule has 0 radical (unpaired) electrons. The number of phenols is 1. The first-order chi connectivity index (χ1) is 10.2. The van der Waals surface area contributed by atoms with Gasteiger partial charge >= 0.3 is 0 Å². The standard InChI is InChI=1S/C17H13N3O/c1-20-11-15(12-5-4-6-13(21)9-12)19-17(20)10-18-14-7-2-3-8-16(14)20/h2-11H,1H3/p+1. The van der Waals surface area contributed by atoms with Crippen molar-refractivity contribution in [1.82, 2.24) is 4.48 Å². The molecular formula is C17H14N3O+. The lowest BCUT2D eigenvalue weighted by Gasteiger charge is -2.28. The molecule has 0 saturated carbocycles. The Kier molecular flexibility index (Phi) is 2.37. The van der Waals surface area contributed by atoms with E-state index >= 15 is 0 Å². The lowest BCUT2D eigenvalue weighted by molar-refractivity contribution is 0.475. The highest BCUT2D eigenvalue weighted by molar-refractivity contribution is 6.38. The number of aromatic hydroxyl groups is 1. The lowest BCUT2D eigenvalue weighted by atomic mass is 10.1. The van der Waals surface area contributed by atoms with Crippen LogP contribution >= 0.6 is 0 Å². The number of hydrogen-bond donors (Lipinski definition) is 1. The van der Waals surface area contributed by atoms with Gasteiger partial charge in [-0.3, -0.25) is 0 Å². The highest BCUT2D eigenvalue weighted by atomic mass is 16.3. The minimum Gasteiger partial charge on any atom is -0.508 e. The molecule has 4 heteroatoms. The molecule has 0 aliphatic carbocycles. The molecule has 1 N–H and O–H groups in total. The number of para-hydroxylation sites is 2. The number of amidine groups is 1. The summed E-state index contributed by atoms with van der Waals surface area (Å²) >= 11 is 0. The molecule has 2 aromatic rings. The van der Waals surface area contributed by atoms with Crippen molar-refractivity contribution < 1.29 is 5.11 Å². The molecule has 4 nitrogen and oxygen atoms in total. The number of benzene rings is 2. The molecule has 1 unspecified atom stereocenters. The molecule has 102 valence electrons. The maximum atomic E-state index is 9.65. The van der Waals surface area contributed by atoms with Crippen molar-refractivity contribution in [3.05, 3.63) is 60.3 Å². The van der Waals surface area contributed by atoms with E-state index in [1.54, 1.807) is 12.1 Å². The SMILES string of the molecule is C[N+]12C=C(c3cccc(O)c3)N=C1C=Nc1ccccc12. The zero-order chi connectivity index (χ0) is 14.4. The minimum atomic E-state index is 0.246. The van der Waals surface area contributed by atoms with E-state index in [2.05, 4.69) is 29.3 Å². The van der Waals surface area contributed by atoms with Crippen LogP contribution in [0.1, 0.15) is 5.56 Å². The van der Waals surface area contributed by atoms with E-state index < -0.39 is 0 Å². The molecule has 2 heterocycles. The summed E-state index contributed by atoms with van der Waals surface area (Å²) in [6, 6.07) is 15.2. The molecule has 21 heavy (non-hydrogen) atoms. The molecular weight excluding hydrogens is 262 g/mol. The fourth-order valence-corrected chi connectivity index (χ4v) is 2.81. The number of quaternary nitrogens is 1. The predicted octanol–water partition coefficient (Wildman–Crippen LogP) is 3.46. The first-order valence-corrected chi connectivity index (χ1v) is 6.78. The zero-order valence-electron chi connectivity index (χ0n) is 11.6. The maximum Gasteiger partial charge on any atom is 0.256 e. The molecule has 0 spiro atoms. The largest absolute Gasteiger partial charge is 0.508 e. The van der Waals surface area contributed by atoms with Gasteiger partial charge in [-0.15, -0.1) is 0 Å². The number of aliphatic imine (C=N–C) groups is 2. The summed E-state index contributed by atoms with van der Waals surface area (Å²) in [5, 5.41) is 9.65. The molecule has 4 rings (SSSR count). The van der Waals surface area contributed by atoms with Crippen LogP contribution in [0.25, 0.3) is 5.70 Å². The van der Waals surface area contributed by atoms with Crippen molar-refractivity contribution in [3.8, 4) is 5.75 Å². The Hall–Kier alpha value is -2.72. The molecule has 0 fully saturated rings. The Morgan fingerprint density at radius 2 is 1.90 bits per heavy atom. The van der Waals surface area contributed by atoms with Crippen LogP contribution in [0, 0.1) is 0 Å². The zero-order valence-corrected chi connectivity index (χ0v) is 11.6. The van der Waals surface area contributed by atoms with Crippen molar-refractivity contribution >= 4 is 29.1 Å². The van der Waals surface area contributed by atoms with Gasteiger partial charge in [0.15, 0.2) is 5.69 Å². The number of hydrogen-bond acceptors (Lipinski definition) is 3. The van der Waals surface area contributed by atoms with Crippen molar-refractivity contribution in [2.75, 3.05) is 7.05 Å². The first kappa shape index (κ1) is 12.1. The molecule has 0 bridgehead atoms. The number of fused-ring (bicyclic) bond motifs is 3. The van der Waals surface area contributed by atoms with Crippen LogP contribution in [0.3, 0.4) is 0 Å². The summed E-state index contributed by atoms with van der Waals surface area (Å²) in [6.07, 6.45) is 3.91. The van der Waals surface area contributed by atoms with E-state index in [0.29, 0.717) is 4.48 Å². The van der Waals surface area contributed by atoms with E-state index in [4.69, 9.17) is 0 Å². The first-order valence-electron chi connectivity index (χ1n) is 6.78. The Bertz CT molecular complexity index is 835. The van der Waals surface area contributed by atoms with Gasteiger partial charge in [-0.2, -0.15) is 4.99 Å². The third-order valence-electron chi connectivity index (χ3n) is 3.93. The maximum absolute atomic E-state index is 9.65. The van der Waals surface area contributed by atoms with Gasteiger partial charge in [0, 0.05) is 11.6 Å². The van der Waals surface area contributed by atoms with Crippen LogP contribution in [0.15, 0.2) is 64.7 Å². The van der Waals surface area contributed by atoms with Gasteiger partial charge < -0.3 is 5.11 Å². The summed E-state index contributed by atoms with van der Waals surface area (Å²) in [6.45, 7) is 0. The van der Waals surface area contributed by atoms with Crippen LogP contribution in [0.4, 0.5) is 11.4 Å². The number of rotatable bonds is 1. The van der Waals surface area contributed by atoms with Gasteiger partial charge in [-0.25, -0.2) is 9.48 Å². The topological polar surface area (TPSA) is 45.0 Å². The third kappa shape index (κ3) is 1.73. The second-order valence-corrected chi connectivity index (χ2v) is 5.36. The van der Waals surface area contributed by atoms with Crippen LogP contribution in [-0.2, 0) is 0 Å². The summed E-state index contributed by atoms with van der Waals surface area (Å²) in [5.74, 6) is 1.13. The number of nitrogens with zero attached hydrogens (tertiary/aromatic N) is 3. The van der Waals surface area contributed by atoms with Gasteiger partial charge in [-0.1, -0.05) is 24.3 Å². The highest BCUT2D eigenvalue weighted by Gasteiger charge is 2.39. The Balaban J connectivity index is 1.89. The summed E-state index contributed by atoms with van der Waals surface area (Å²) < 4.78 is 0.505. The van der Waals surface area contributed by atoms with Gasteiger partial charge in [0.05, 0.1) is 7.05 Å². The molecule has 0 amide bonds. The highest BCUT2D eigenvalue weighted by Crippen LogP contribution is 2.40. The minimum absolute atomic E-state index is 0.246. The summed E-state index contributed by atoms with van der Waals surface area (Å²) in [5.41, 5.74) is 3.83. The molecule has 1 atom stereocenters. The number of phenolic OH excluding ortho intramolecular Hbond substituents is 1. The quantitative estimate of drug-likeness (QED) is 0.796.